The molecule has 2 N–H and O–H groups in total. The Kier molecular flexibility index (Phi) is 4.27. The van der Waals surface area contributed by atoms with E-state index in [1.165, 1.54) is 0 Å². The van der Waals surface area contributed by atoms with Gasteiger partial charge in [-0.3, -0.25) is 9.89 Å². The van der Waals surface area contributed by atoms with Crippen LogP contribution in [-0.2, 0) is 6.42 Å². The average Bonchev–Trinajstić information content (AvgIpc) is 3.45. The van der Waals surface area contributed by atoms with E-state index in [1.807, 2.05) is 25.1 Å². The number of benzene rings is 1. The van der Waals surface area contributed by atoms with Crippen molar-refractivity contribution in [1.82, 2.24) is 30.6 Å². The second kappa shape index (κ2) is 6.97. The molecule has 1 aliphatic rings. The minimum atomic E-state index is -2.81. The van der Waals surface area contributed by atoms with Crippen molar-refractivity contribution in [1.29, 1.82) is 0 Å². The lowest BCUT2D eigenvalue weighted by Crippen LogP contribution is -2.27. The van der Waals surface area contributed by atoms with E-state index in [0.29, 0.717) is 22.3 Å². The number of aryl methyl sites for hydroxylation is 2. The van der Waals surface area contributed by atoms with Crippen molar-refractivity contribution >= 4 is 16.9 Å². The van der Waals surface area contributed by atoms with Gasteiger partial charge in [0.15, 0.2) is 5.65 Å². The molecule has 0 radical (unpaired) electrons. The molecule has 152 valence electrons. The van der Waals surface area contributed by atoms with Gasteiger partial charge in [0.2, 0.25) is 5.82 Å². The second-order valence-electron chi connectivity index (χ2n) is 7.22. The number of aromatic nitrogens is 5. The lowest BCUT2D eigenvalue weighted by atomic mass is 10.0. The number of fused-ring (bicyclic) bond motifs is 2. The number of aromatic amines is 1. The fourth-order valence-electron chi connectivity index (χ4n) is 3.76. The molecule has 4 aromatic rings. The summed E-state index contributed by atoms with van der Waals surface area (Å²) in [6.07, 6.45) is 0.349. The summed E-state index contributed by atoms with van der Waals surface area (Å²) < 4.78 is 29.9. The Morgan fingerprint density at radius 2 is 2.20 bits per heavy atom. The van der Waals surface area contributed by atoms with Gasteiger partial charge in [0.1, 0.15) is 5.69 Å². The van der Waals surface area contributed by atoms with Gasteiger partial charge in [-0.05, 0) is 48.6 Å². The van der Waals surface area contributed by atoms with Crippen LogP contribution in [0.15, 0.2) is 35.0 Å². The number of halogens is 2. The average molecular weight is 410 g/mol. The molecule has 1 amide bonds. The number of H-pyrrole nitrogens is 1. The monoisotopic (exact) mass is 410 g/mol. The van der Waals surface area contributed by atoms with Crippen LogP contribution in [0.2, 0.25) is 0 Å². The van der Waals surface area contributed by atoms with Gasteiger partial charge in [0.05, 0.1) is 11.4 Å². The van der Waals surface area contributed by atoms with E-state index >= 15 is 0 Å². The lowest BCUT2D eigenvalue weighted by Gasteiger charge is -2.14. The van der Waals surface area contributed by atoms with Gasteiger partial charge in [-0.25, -0.2) is 4.98 Å². The van der Waals surface area contributed by atoms with Gasteiger partial charge in [-0.2, -0.15) is 18.9 Å². The SMILES string of the molecule is Cc1cnc2n[nH]c(C(=O)N[C@@H]3CCc4cc(-c5noc(C(F)F)n5)ccc43)c2c1. The lowest BCUT2D eigenvalue weighted by molar-refractivity contribution is 0.0933. The third kappa shape index (κ3) is 3.10. The predicted molar refractivity (Wildman–Crippen MR) is 102 cm³/mol. The molecule has 0 fully saturated rings. The fourth-order valence-corrected chi connectivity index (χ4v) is 3.76. The van der Waals surface area contributed by atoms with Crippen LogP contribution in [0, 0.1) is 6.92 Å². The van der Waals surface area contributed by atoms with E-state index in [9.17, 15) is 13.6 Å². The zero-order valence-corrected chi connectivity index (χ0v) is 15.8. The Morgan fingerprint density at radius 1 is 1.33 bits per heavy atom. The summed E-state index contributed by atoms with van der Waals surface area (Å²) >= 11 is 0. The maximum absolute atomic E-state index is 12.8. The number of nitrogens with one attached hydrogen (secondary N) is 2. The van der Waals surface area contributed by atoms with Gasteiger partial charge >= 0.3 is 6.43 Å². The van der Waals surface area contributed by atoms with Gasteiger partial charge < -0.3 is 9.84 Å². The van der Waals surface area contributed by atoms with Gasteiger partial charge in [-0.15, -0.1) is 0 Å². The van der Waals surface area contributed by atoms with Gasteiger partial charge in [0, 0.05) is 11.8 Å². The molecule has 0 unspecified atom stereocenters. The zero-order chi connectivity index (χ0) is 20.8. The molecule has 3 aromatic heterocycles. The van der Waals surface area contributed by atoms with E-state index in [0.717, 1.165) is 29.5 Å². The third-order valence-electron chi connectivity index (χ3n) is 5.19. The molecule has 8 nitrogen and oxygen atoms in total. The molecule has 1 aromatic carbocycles. The molecule has 0 saturated carbocycles. The highest BCUT2D eigenvalue weighted by atomic mass is 19.3. The Balaban J connectivity index is 1.38. The first-order valence-electron chi connectivity index (χ1n) is 9.36. The second-order valence-corrected chi connectivity index (χ2v) is 7.22. The van der Waals surface area contributed by atoms with Crippen LogP contribution >= 0.6 is 0 Å². The third-order valence-corrected chi connectivity index (χ3v) is 5.19. The normalized spacial score (nSPS) is 15.7. The first-order chi connectivity index (χ1) is 14.5. The molecule has 0 bridgehead atoms. The number of amides is 1. The molecule has 1 aliphatic carbocycles. The molecule has 30 heavy (non-hydrogen) atoms. The summed E-state index contributed by atoms with van der Waals surface area (Å²) in [5.74, 6) is -0.842. The van der Waals surface area contributed by atoms with E-state index in [2.05, 4.69) is 35.2 Å². The minimum Gasteiger partial charge on any atom is -0.344 e. The van der Waals surface area contributed by atoms with Crippen molar-refractivity contribution < 1.29 is 18.1 Å². The Morgan fingerprint density at radius 3 is 3.00 bits per heavy atom. The molecule has 1 atom stereocenters. The molecule has 0 saturated heterocycles. The van der Waals surface area contributed by atoms with Crippen LogP contribution in [0.5, 0.6) is 0 Å². The predicted octanol–water partition coefficient (Wildman–Crippen LogP) is 3.67. The smallest absolute Gasteiger partial charge is 0.315 e. The zero-order valence-electron chi connectivity index (χ0n) is 15.8. The van der Waals surface area contributed by atoms with Crippen LogP contribution in [0.25, 0.3) is 22.4 Å². The number of alkyl halides is 2. The molecule has 0 spiro atoms. The fraction of sp³-hybridized carbons (Fsp3) is 0.250. The van der Waals surface area contributed by atoms with Gasteiger partial charge in [0.25, 0.3) is 11.8 Å². The highest BCUT2D eigenvalue weighted by molar-refractivity contribution is 6.04. The number of nitrogens with zero attached hydrogens (tertiary/aromatic N) is 4. The maximum atomic E-state index is 12.8. The van der Waals surface area contributed by atoms with Crippen LogP contribution in [0.4, 0.5) is 8.78 Å². The van der Waals surface area contributed by atoms with Crippen molar-refractivity contribution in [3.63, 3.8) is 0 Å². The van der Waals surface area contributed by atoms with Crippen LogP contribution in [-0.4, -0.2) is 31.2 Å². The topological polar surface area (TPSA) is 110 Å². The highest BCUT2D eigenvalue weighted by Gasteiger charge is 2.27. The molecular weight excluding hydrogens is 394 g/mol. The largest absolute Gasteiger partial charge is 0.344 e. The summed E-state index contributed by atoms with van der Waals surface area (Å²) in [6, 6.07) is 7.15. The molecule has 5 rings (SSSR count). The minimum absolute atomic E-state index is 0.118. The number of hydrogen-bond acceptors (Lipinski definition) is 6. The van der Waals surface area contributed by atoms with Crippen molar-refractivity contribution in [2.45, 2.75) is 32.2 Å². The van der Waals surface area contributed by atoms with Crippen molar-refractivity contribution in [3.05, 3.63) is 58.7 Å². The van der Waals surface area contributed by atoms with E-state index in [4.69, 9.17) is 0 Å². The maximum Gasteiger partial charge on any atom is 0.315 e. The summed E-state index contributed by atoms with van der Waals surface area (Å²) in [5.41, 5.74) is 4.38. The molecule has 3 heterocycles. The number of pyridine rings is 1. The summed E-state index contributed by atoms with van der Waals surface area (Å²) in [6.45, 7) is 1.90. The van der Waals surface area contributed by atoms with E-state index < -0.39 is 12.3 Å². The van der Waals surface area contributed by atoms with Gasteiger partial charge in [-0.1, -0.05) is 17.3 Å². The quantitative estimate of drug-likeness (QED) is 0.531. The first-order valence-corrected chi connectivity index (χ1v) is 9.36. The summed E-state index contributed by atoms with van der Waals surface area (Å²) in [5, 5.41) is 14.2. The number of carbonyl (C=O) groups is 1. The van der Waals surface area contributed by atoms with Crippen LogP contribution < -0.4 is 5.32 Å². The molecule has 0 aliphatic heterocycles. The number of hydrogen-bond donors (Lipinski definition) is 2. The number of carbonyl (C=O) groups excluding carboxylic acids is 1. The summed E-state index contributed by atoms with van der Waals surface area (Å²) in [7, 11) is 0. The first kappa shape index (κ1) is 18.3. The van der Waals surface area contributed by atoms with Crippen LogP contribution in [0.1, 0.15) is 52.0 Å². The summed E-state index contributed by atoms with van der Waals surface area (Å²) in [4.78, 5) is 20.8. The highest BCUT2D eigenvalue weighted by Crippen LogP contribution is 2.34. The number of rotatable bonds is 4. The molecule has 10 heteroatoms. The van der Waals surface area contributed by atoms with Crippen molar-refractivity contribution in [2.75, 3.05) is 0 Å². The van der Waals surface area contributed by atoms with E-state index in [1.54, 1.807) is 12.3 Å². The standard InChI is InChI=1S/C20H16F2N6O2/c1-9-6-13-15(26-27-18(13)23-8-9)19(29)24-14-5-3-10-7-11(2-4-12(10)14)17-25-20(16(21)22)30-28-17/h2,4,6-8,14,16H,3,5H2,1H3,(H,24,29)(H,23,26,27)/t14-/m1/s1. The Hall–Kier alpha value is -3.69. The Bertz CT molecular complexity index is 1270. The van der Waals surface area contributed by atoms with Crippen molar-refractivity contribution in [3.8, 4) is 11.4 Å². The van der Waals surface area contributed by atoms with Crippen molar-refractivity contribution in [2.24, 2.45) is 0 Å². The molecular formula is C20H16F2N6O2. The van der Waals surface area contributed by atoms with E-state index in [-0.39, 0.29) is 17.8 Å². The Labute approximate surface area is 168 Å². The van der Waals surface area contributed by atoms with Crippen LogP contribution in [0.3, 0.4) is 0 Å².